The molecule has 0 N–H and O–H groups in total. The first-order valence-electron chi connectivity index (χ1n) is 5.81. The van der Waals surface area contributed by atoms with Crippen LogP contribution in [0.2, 0.25) is 5.02 Å². The Labute approximate surface area is 101 Å². The van der Waals surface area contributed by atoms with Gasteiger partial charge in [0.05, 0.1) is 11.7 Å². The largest absolute Gasteiger partial charge is 0.365 e. The molecule has 2 nitrogen and oxygen atoms in total. The standard InChI is InChI=1S/C13H16ClNO/c1-13-6-7-15(9-12(13)16-13)8-10-4-2-3-5-11(10)14/h2-5,12H,6-9H2,1H3. The normalized spacial score (nSPS) is 33.5. The molecule has 86 valence electrons. The van der Waals surface area contributed by atoms with Crippen LogP contribution in [0.4, 0.5) is 0 Å². The van der Waals surface area contributed by atoms with Crippen LogP contribution in [-0.2, 0) is 11.3 Å². The quantitative estimate of drug-likeness (QED) is 0.736. The maximum atomic E-state index is 6.16. The number of rotatable bonds is 2. The summed E-state index contributed by atoms with van der Waals surface area (Å²) in [7, 11) is 0. The lowest BCUT2D eigenvalue weighted by molar-refractivity contribution is 0.223. The van der Waals surface area contributed by atoms with Crippen molar-refractivity contribution in [2.45, 2.75) is 31.6 Å². The van der Waals surface area contributed by atoms with E-state index in [2.05, 4.69) is 17.9 Å². The van der Waals surface area contributed by atoms with Crippen LogP contribution in [0.1, 0.15) is 18.9 Å². The molecule has 0 spiro atoms. The van der Waals surface area contributed by atoms with E-state index in [1.165, 1.54) is 5.56 Å². The zero-order valence-corrected chi connectivity index (χ0v) is 10.2. The molecule has 0 radical (unpaired) electrons. The van der Waals surface area contributed by atoms with Gasteiger partial charge >= 0.3 is 0 Å². The molecule has 2 aliphatic heterocycles. The van der Waals surface area contributed by atoms with Crippen LogP contribution in [0.3, 0.4) is 0 Å². The van der Waals surface area contributed by atoms with Crippen molar-refractivity contribution in [2.24, 2.45) is 0 Å². The number of piperidine rings is 1. The molecule has 2 fully saturated rings. The van der Waals surface area contributed by atoms with E-state index in [4.69, 9.17) is 16.3 Å². The van der Waals surface area contributed by atoms with Gasteiger partial charge in [0.1, 0.15) is 0 Å². The molecule has 16 heavy (non-hydrogen) atoms. The fourth-order valence-electron chi connectivity index (χ4n) is 2.46. The smallest absolute Gasteiger partial charge is 0.0997 e. The molecule has 0 saturated carbocycles. The number of fused-ring (bicyclic) bond motifs is 1. The average Bonchev–Trinajstić information content (AvgIpc) is 2.93. The highest BCUT2D eigenvalue weighted by Gasteiger charge is 2.54. The number of hydrogen-bond acceptors (Lipinski definition) is 2. The number of epoxide rings is 1. The van der Waals surface area contributed by atoms with E-state index in [0.29, 0.717) is 6.10 Å². The van der Waals surface area contributed by atoms with E-state index in [1.807, 2.05) is 18.2 Å². The Bertz CT molecular complexity index is 409. The van der Waals surface area contributed by atoms with Gasteiger partial charge in [-0.15, -0.1) is 0 Å². The van der Waals surface area contributed by atoms with Gasteiger partial charge in [-0.3, -0.25) is 4.90 Å². The topological polar surface area (TPSA) is 15.8 Å². The van der Waals surface area contributed by atoms with Crippen LogP contribution < -0.4 is 0 Å². The van der Waals surface area contributed by atoms with Gasteiger partial charge in [0.2, 0.25) is 0 Å². The van der Waals surface area contributed by atoms with E-state index in [9.17, 15) is 0 Å². The van der Waals surface area contributed by atoms with Crippen LogP contribution >= 0.6 is 11.6 Å². The van der Waals surface area contributed by atoms with Crippen LogP contribution in [0.25, 0.3) is 0 Å². The van der Waals surface area contributed by atoms with Crippen molar-refractivity contribution < 1.29 is 4.74 Å². The lowest BCUT2D eigenvalue weighted by atomic mass is 9.98. The third kappa shape index (κ3) is 1.86. The molecule has 0 bridgehead atoms. The average molecular weight is 238 g/mol. The number of hydrogen-bond donors (Lipinski definition) is 0. The second-order valence-electron chi connectivity index (χ2n) is 5.00. The monoisotopic (exact) mass is 237 g/mol. The summed E-state index contributed by atoms with van der Waals surface area (Å²) in [6.07, 6.45) is 1.59. The van der Waals surface area contributed by atoms with Crippen molar-refractivity contribution in [1.29, 1.82) is 0 Å². The summed E-state index contributed by atoms with van der Waals surface area (Å²) in [5.41, 5.74) is 1.41. The van der Waals surface area contributed by atoms with Gasteiger partial charge < -0.3 is 4.74 Å². The highest BCUT2D eigenvalue weighted by molar-refractivity contribution is 6.31. The van der Waals surface area contributed by atoms with E-state index in [-0.39, 0.29) is 5.60 Å². The Morgan fingerprint density at radius 2 is 2.31 bits per heavy atom. The third-order valence-corrected chi connectivity index (χ3v) is 4.10. The van der Waals surface area contributed by atoms with E-state index >= 15 is 0 Å². The summed E-state index contributed by atoms with van der Waals surface area (Å²) < 4.78 is 5.69. The van der Waals surface area contributed by atoms with Gasteiger partial charge in [0.15, 0.2) is 0 Å². The highest BCUT2D eigenvalue weighted by atomic mass is 35.5. The molecular formula is C13H16ClNO. The van der Waals surface area contributed by atoms with Crippen molar-refractivity contribution >= 4 is 11.6 Å². The van der Waals surface area contributed by atoms with Crippen molar-refractivity contribution in [2.75, 3.05) is 13.1 Å². The lowest BCUT2D eigenvalue weighted by Crippen LogP contribution is -2.37. The minimum atomic E-state index is 0.191. The lowest BCUT2D eigenvalue weighted by Gasteiger charge is -2.27. The predicted molar refractivity (Wildman–Crippen MR) is 64.6 cm³/mol. The fourth-order valence-corrected chi connectivity index (χ4v) is 2.65. The van der Waals surface area contributed by atoms with Crippen molar-refractivity contribution in [3.8, 4) is 0 Å². The third-order valence-electron chi connectivity index (χ3n) is 3.74. The Morgan fingerprint density at radius 1 is 1.50 bits per heavy atom. The van der Waals surface area contributed by atoms with Crippen LogP contribution in [0.5, 0.6) is 0 Å². The van der Waals surface area contributed by atoms with Crippen LogP contribution in [0.15, 0.2) is 24.3 Å². The summed E-state index contributed by atoms with van der Waals surface area (Å²) >= 11 is 6.16. The minimum absolute atomic E-state index is 0.191. The van der Waals surface area contributed by atoms with Gasteiger partial charge in [-0.2, -0.15) is 0 Å². The molecular weight excluding hydrogens is 222 g/mol. The first kappa shape index (κ1) is 10.6. The van der Waals surface area contributed by atoms with Crippen molar-refractivity contribution in [1.82, 2.24) is 4.90 Å². The zero-order chi connectivity index (χ0) is 11.2. The first-order valence-corrected chi connectivity index (χ1v) is 6.19. The Kier molecular flexibility index (Phi) is 2.46. The second kappa shape index (κ2) is 3.73. The van der Waals surface area contributed by atoms with Crippen molar-refractivity contribution in [3.05, 3.63) is 34.9 Å². The van der Waals surface area contributed by atoms with Gasteiger partial charge in [-0.05, 0) is 25.0 Å². The molecule has 0 aliphatic carbocycles. The van der Waals surface area contributed by atoms with E-state index < -0.39 is 0 Å². The summed E-state index contributed by atoms with van der Waals surface area (Å²) in [6, 6.07) is 8.08. The number of benzene rings is 1. The molecule has 2 aliphatic rings. The molecule has 2 unspecified atom stereocenters. The van der Waals surface area contributed by atoms with Gasteiger partial charge in [-0.1, -0.05) is 29.8 Å². The summed E-state index contributed by atoms with van der Waals surface area (Å²) in [4.78, 5) is 2.43. The number of likely N-dealkylation sites (tertiary alicyclic amines) is 1. The molecule has 1 aromatic carbocycles. The van der Waals surface area contributed by atoms with E-state index in [1.54, 1.807) is 0 Å². The molecule has 3 rings (SSSR count). The molecule has 2 heterocycles. The molecule has 0 amide bonds. The van der Waals surface area contributed by atoms with Gasteiger partial charge in [-0.25, -0.2) is 0 Å². The second-order valence-corrected chi connectivity index (χ2v) is 5.40. The number of ether oxygens (including phenoxy) is 1. The summed E-state index contributed by atoms with van der Waals surface area (Å²) in [5, 5.41) is 0.868. The predicted octanol–water partition coefficient (Wildman–Crippen LogP) is 2.70. The molecule has 1 aromatic rings. The summed E-state index contributed by atoms with van der Waals surface area (Å²) in [6.45, 7) is 5.31. The molecule has 2 saturated heterocycles. The fraction of sp³-hybridized carbons (Fsp3) is 0.538. The van der Waals surface area contributed by atoms with E-state index in [0.717, 1.165) is 31.1 Å². The molecule has 3 heteroatoms. The van der Waals surface area contributed by atoms with Crippen molar-refractivity contribution in [3.63, 3.8) is 0 Å². The van der Waals surface area contributed by atoms with Gasteiger partial charge in [0.25, 0.3) is 0 Å². The number of halogens is 1. The maximum Gasteiger partial charge on any atom is 0.0997 e. The number of nitrogens with zero attached hydrogens (tertiary/aromatic N) is 1. The Balaban J connectivity index is 1.66. The summed E-state index contributed by atoms with van der Waals surface area (Å²) in [5.74, 6) is 0. The first-order chi connectivity index (χ1) is 7.67. The Morgan fingerprint density at radius 3 is 3.06 bits per heavy atom. The highest BCUT2D eigenvalue weighted by Crippen LogP contribution is 2.43. The minimum Gasteiger partial charge on any atom is -0.365 e. The molecule has 0 aromatic heterocycles. The van der Waals surface area contributed by atoms with Crippen LogP contribution in [0, 0.1) is 0 Å². The maximum absolute atomic E-state index is 6.16. The Hall–Kier alpha value is -0.570. The SMILES string of the molecule is CC12CCN(Cc3ccccc3Cl)CC1O2. The van der Waals surface area contributed by atoms with Gasteiger partial charge in [0, 0.05) is 24.7 Å². The van der Waals surface area contributed by atoms with Crippen LogP contribution in [-0.4, -0.2) is 29.7 Å². The zero-order valence-electron chi connectivity index (χ0n) is 9.45. The molecule has 2 atom stereocenters.